The van der Waals surface area contributed by atoms with Crippen molar-refractivity contribution in [2.45, 2.75) is 16.5 Å². The largest absolute Gasteiger partial charge is 0.330 e. The molecule has 0 fully saturated rings. The maximum Gasteiger partial charge on any atom is 0.188 e. The van der Waals surface area contributed by atoms with E-state index < -0.39 is 9.84 Å². The zero-order valence-corrected chi connectivity index (χ0v) is 9.92. The number of rotatable bonds is 1. The summed E-state index contributed by atoms with van der Waals surface area (Å²) in [5.74, 6) is 0.493. The van der Waals surface area contributed by atoms with E-state index in [9.17, 15) is 8.42 Å². The van der Waals surface area contributed by atoms with Gasteiger partial charge in [0.15, 0.2) is 9.84 Å². The molecule has 0 amide bonds. The van der Waals surface area contributed by atoms with Crippen LogP contribution in [0.3, 0.4) is 0 Å². The SMILES string of the molecule is Cl.NCC1CCS(=O)(=O)c2sccc21. The van der Waals surface area contributed by atoms with Crippen LogP contribution < -0.4 is 5.73 Å². The minimum atomic E-state index is -2.98. The fourth-order valence-corrected chi connectivity index (χ4v) is 4.74. The average Bonchev–Trinajstić information content (AvgIpc) is 2.54. The van der Waals surface area contributed by atoms with Crippen LogP contribution in [0, 0.1) is 0 Å². The zero-order chi connectivity index (χ0) is 9.47. The van der Waals surface area contributed by atoms with Crippen molar-refractivity contribution < 1.29 is 8.42 Å². The van der Waals surface area contributed by atoms with Crippen LogP contribution in [-0.2, 0) is 9.84 Å². The van der Waals surface area contributed by atoms with E-state index in [1.165, 1.54) is 11.3 Å². The molecule has 1 atom stereocenters. The molecule has 1 unspecified atom stereocenters. The van der Waals surface area contributed by atoms with Crippen molar-refractivity contribution in [1.29, 1.82) is 0 Å². The van der Waals surface area contributed by atoms with E-state index in [-0.39, 0.29) is 24.1 Å². The van der Waals surface area contributed by atoms with Gasteiger partial charge in [0.05, 0.1) is 5.75 Å². The summed E-state index contributed by atoms with van der Waals surface area (Å²) in [7, 11) is -2.98. The van der Waals surface area contributed by atoms with Gasteiger partial charge in [-0.1, -0.05) is 0 Å². The van der Waals surface area contributed by atoms with Gasteiger partial charge in [0.2, 0.25) is 0 Å². The molecular weight excluding hydrogens is 242 g/mol. The van der Waals surface area contributed by atoms with Crippen molar-refractivity contribution >= 4 is 33.6 Å². The van der Waals surface area contributed by atoms with Gasteiger partial charge >= 0.3 is 0 Å². The molecule has 1 aliphatic rings. The Morgan fingerprint density at radius 3 is 2.93 bits per heavy atom. The molecule has 0 spiro atoms. The van der Waals surface area contributed by atoms with Crippen molar-refractivity contribution in [2.75, 3.05) is 12.3 Å². The van der Waals surface area contributed by atoms with Gasteiger partial charge in [-0.3, -0.25) is 0 Å². The van der Waals surface area contributed by atoms with Crippen LogP contribution in [0.2, 0.25) is 0 Å². The van der Waals surface area contributed by atoms with Crippen LogP contribution in [0.5, 0.6) is 0 Å². The predicted octanol–water partition coefficient (Wildman–Crippen LogP) is 1.39. The van der Waals surface area contributed by atoms with Crippen LogP contribution in [0.1, 0.15) is 17.9 Å². The maximum atomic E-state index is 11.6. The lowest BCUT2D eigenvalue weighted by Crippen LogP contribution is -2.23. The van der Waals surface area contributed by atoms with Crippen molar-refractivity contribution in [2.24, 2.45) is 5.73 Å². The Morgan fingerprint density at radius 2 is 2.29 bits per heavy atom. The van der Waals surface area contributed by atoms with Crippen LogP contribution in [0.4, 0.5) is 0 Å². The fraction of sp³-hybridized carbons (Fsp3) is 0.500. The third kappa shape index (κ3) is 1.82. The molecule has 0 aliphatic carbocycles. The Balaban J connectivity index is 0.000000980. The highest BCUT2D eigenvalue weighted by Crippen LogP contribution is 2.36. The molecule has 80 valence electrons. The molecule has 0 aromatic carbocycles. The van der Waals surface area contributed by atoms with Gasteiger partial charge in [0, 0.05) is 0 Å². The fourth-order valence-electron chi connectivity index (χ4n) is 1.65. The zero-order valence-electron chi connectivity index (χ0n) is 7.47. The molecule has 0 bridgehead atoms. The summed E-state index contributed by atoms with van der Waals surface area (Å²) in [5, 5.41) is 1.83. The van der Waals surface area contributed by atoms with E-state index in [0.29, 0.717) is 17.2 Å². The van der Waals surface area contributed by atoms with Gasteiger partial charge in [-0.05, 0) is 35.9 Å². The molecule has 3 nitrogen and oxygen atoms in total. The highest BCUT2D eigenvalue weighted by molar-refractivity contribution is 7.93. The number of hydrogen-bond donors (Lipinski definition) is 1. The normalized spacial score (nSPS) is 23.6. The maximum absolute atomic E-state index is 11.6. The Bertz CT molecular complexity index is 413. The van der Waals surface area contributed by atoms with Crippen molar-refractivity contribution in [3.63, 3.8) is 0 Å². The average molecular weight is 254 g/mol. The molecule has 0 saturated heterocycles. The van der Waals surface area contributed by atoms with Crippen molar-refractivity contribution in [3.05, 3.63) is 17.0 Å². The summed E-state index contributed by atoms with van der Waals surface area (Å²) >= 11 is 1.31. The first kappa shape index (κ1) is 12.0. The summed E-state index contributed by atoms with van der Waals surface area (Å²) in [6, 6.07) is 1.88. The standard InChI is InChI=1S/C8H11NO2S2.ClH/c9-5-6-2-4-13(10,11)8-7(6)1-3-12-8;/h1,3,6H,2,4-5,9H2;1H. The summed E-state index contributed by atoms with van der Waals surface area (Å²) < 4.78 is 23.7. The molecular formula is C8H12ClNO2S2. The first-order valence-corrected chi connectivity index (χ1v) is 6.68. The van der Waals surface area contributed by atoms with E-state index in [4.69, 9.17) is 5.73 Å². The molecule has 1 aliphatic heterocycles. The highest BCUT2D eigenvalue weighted by Gasteiger charge is 2.30. The number of halogens is 1. The van der Waals surface area contributed by atoms with E-state index in [1.54, 1.807) is 0 Å². The van der Waals surface area contributed by atoms with Gasteiger partial charge in [0.1, 0.15) is 4.21 Å². The van der Waals surface area contributed by atoms with Crippen LogP contribution in [0.25, 0.3) is 0 Å². The molecule has 2 rings (SSSR count). The molecule has 2 N–H and O–H groups in total. The van der Waals surface area contributed by atoms with Crippen LogP contribution >= 0.6 is 23.7 Å². The lowest BCUT2D eigenvalue weighted by atomic mass is 9.99. The molecule has 14 heavy (non-hydrogen) atoms. The third-order valence-corrected chi connectivity index (χ3v) is 5.75. The van der Waals surface area contributed by atoms with Gasteiger partial charge in [-0.2, -0.15) is 0 Å². The minimum Gasteiger partial charge on any atom is -0.330 e. The molecule has 1 aromatic rings. The highest BCUT2D eigenvalue weighted by atomic mass is 35.5. The second-order valence-corrected chi connectivity index (χ2v) is 6.42. The van der Waals surface area contributed by atoms with Gasteiger partial charge in [0.25, 0.3) is 0 Å². The second-order valence-electron chi connectivity index (χ2n) is 3.20. The van der Waals surface area contributed by atoms with Gasteiger partial charge in [-0.15, -0.1) is 23.7 Å². The number of nitrogens with two attached hydrogens (primary N) is 1. The lowest BCUT2D eigenvalue weighted by Gasteiger charge is -2.20. The van der Waals surface area contributed by atoms with E-state index in [0.717, 1.165) is 5.56 Å². The Morgan fingerprint density at radius 1 is 1.57 bits per heavy atom. The number of hydrogen-bond acceptors (Lipinski definition) is 4. The van der Waals surface area contributed by atoms with Gasteiger partial charge < -0.3 is 5.73 Å². The molecule has 1 aromatic heterocycles. The number of thiophene rings is 1. The quantitative estimate of drug-likeness (QED) is 0.823. The Labute approximate surface area is 93.6 Å². The predicted molar refractivity (Wildman–Crippen MR) is 60.0 cm³/mol. The lowest BCUT2D eigenvalue weighted by molar-refractivity contribution is 0.571. The molecule has 6 heteroatoms. The Hall–Kier alpha value is -0.100. The second kappa shape index (κ2) is 4.18. The van der Waals surface area contributed by atoms with Crippen molar-refractivity contribution in [3.8, 4) is 0 Å². The summed E-state index contributed by atoms with van der Waals surface area (Å²) in [4.78, 5) is 0. The topological polar surface area (TPSA) is 60.2 Å². The molecule has 0 radical (unpaired) electrons. The van der Waals surface area contributed by atoms with E-state index >= 15 is 0 Å². The van der Waals surface area contributed by atoms with Crippen molar-refractivity contribution in [1.82, 2.24) is 0 Å². The first-order valence-electron chi connectivity index (χ1n) is 4.15. The number of sulfone groups is 1. The summed E-state index contributed by atoms with van der Waals surface area (Å²) in [6.45, 7) is 0.541. The summed E-state index contributed by atoms with van der Waals surface area (Å²) in [5.41, 5.74) is 6.51. The molecule has 2 heterocycles. The third-order valence-electron chi connectivity index (χ3n) is 2.40. The Kier molecular flexibility index (Phi) is 3.58. The van der Waals surface area contributed by atoms with Gasteiger partial charge in [-0.25, -0.2) is 8.42 Å². The summed E-state index contributed by atoms with van der Waals surface area (Å²) in [6.07, 6.45) is 0.669. The minimum absolute atomic E-state index is 0. The van der Waals surface area contributed by atoms with E-state index in [2.05, 4.69) is 0 Å². The van der Waals surface area contributed by atoms with Crippen LogP contribution in [-0.4, -0.2) is 20.7 Å². The molecule has 0 saturated carbocycles. The van der Waals surface area contributed by atoms with E-state index in [1.807, 2.05) is 11.4 Å². The monoisotopic (exact) mass is 253 g/mol. The van der Waals surface area contributed by atoms with Crippen LogP contribution in [0.15, 0.2) is 15.7 Å². The number of fused-ring (bicyclic) bond motifs is 1. The smallest absolute Gasteiger partial charge is 0.188 e. The first-order chi connectivity index (χ1) is 6.15.